The number of pyridine rings is 1. The molecule has 6 heteroatoms. The molecule has 1 fully saturated rings. The Labute approximate surface area is 145 Å². The van der Waals surface area contributed by atoms with E-state index in [4.69, 9.17) is 9.73 Å². The SMILES string of the molecule is CCNC(=NCCCCCOC)N1CCN(c2ccccn2)CC1. The molecule has 0 unspecified atom stereocenters. The summed E-state index contributed by atoms with van der Waals surface area (Å²) < 4.78 is 5.08. The number of ether oxygens (including phenoxy) is 1. The van der Waals surface area contributed by atoms with E-state index in [0.29, 0.717) is 0 Å². The lowest BCUT2D eigenvalue weighted by Crippen LogP contribution is -2.52. The average Bonchev–Trinajstić information content (AvgIpc) is 2.64. The van der Waals surface area contributed by atoms with Crippen molar-refractivity contribution >= 4 is 11.8 Å². The van der Waals surface area contributed by atoms with E-state index in [1.54, 1.807) is 7.11 Å². The average molecular weight is 333 g/mol. The standard InChI is InChI=1S/C18H31N5O/c1-3-19-18(21-11-6-4-8-16-24-2)23-14-12-22(13-15-23)17-9-5-7-10-20-17/h5,7,9-10H,3-4,6,8,11-16H2,1-2H3,(H,19,21). The molecule has 0 aromatic carbocycles. The van der Waals surface area contributed by atoms with Gasteiger partial charge in [-0.3, -0.25) is 4.99 Å². The Balaban J connectivity index is 1.79. The van der Waals surface area contributed by atoms with Gasteiger partial charge in [-0.15, -0.1) is 0 Å². The van der Waals surface area contributed by atoms with Crippen molar-refractivity contribution in [2.75, 3.05) is 57.9 Å². The van der Waals surface area contributed by atoms with Crippen molar-refractivity contribution in [1.29, 1.82) is 0 Å². The Morgan fingerprint density at radius 1 is 1.21 bits per heavy atom. The van der Waals surface area contributed by atoms with Gasteiger partial charge in [0.2, 0.25) is 0 Å². The molecule has 0 bridgehead atoms. The second kappa shape index (κ2) is 10.9. The molecule has 0 spiro atoms. The minimum Gasteiger partial charge on any atom is -0.385 e. The molecule has 2 rings (SSSR count). The highest BCUT2D eigenvalue weighted by Crippen LogP contribution is 2.12. The summed E-state index contributed by atoms with van der Waals surface area (Å²) in [5, 5.41) is 3.43. The fourth-order valence-corrected chi connectivity index (χ4v) is 2.83. The number of guanidine groups is 1. The minimum atomic E-state index is 0.846. The van der Waals surface area contributed by atoms with E-state index in [0.717, 1.165) is 70.5 Å². The third-order valence-corrected chi connectivity index (χ3v) is 4.16. The van der Waals surface area contributed by atoms with Crippen LogP contribution in [0.2, 0.25) is 0 Å². The molecule has 0 radical (unpaired) electrons. The molecule has 0 aliphatic carbocycles. The molecule has 1 aliphatic heterocycles. The van der Waals surface area contributed by atoms with Crippen molar-refractivity contribution in [3.63, 3.8) is 0 Å². The number of methoxy groups -OCH3 is 1. The third kappa shape index (κ3) is 6.00. The zero-order chi connectivity index (χ0) is 17.0. The largest absolute Gasteiger partial charge is 0.385 e. The van der Waals surface area contributed by atoms with Gasteiger partial charge in [0.1, 0.15) is 5.82 Å². The fourth-order valence-electron chi connectivity index (χ4n) is 2.83. The first-order chi connectivity index (χ1) is 11.8. The molecule has 2 heterocycles. The number of anilines is 1. The molecule has 0 saturated carbocycles. The first-order valence-corrected chi connectivity index (χ1v) is 9.03. The number of nitrogens with one attached hydrogen (secondary N) is 1. The van der Waals surface area contributed by atoms with Crippen LogP contribution in [0.4, 0.5) is 5.82 Å². The van der Waals surface area contributed by atoms with E-state index in [9.17, 15) is 0 Å². The van der Waals surface area contributed by atoms with Gasteiger partial charge in [-0.1, -0.05) is 6.07 Å². The molecule has 0 atom stereocenters. The van der Waals surface area contributed by atoms with Crippen molar-refractivity contribution in [1.82, 2.24) is 15.2 Å². The summed E-state index contributed by atoms with van der Waals surface area (Å²) in [5.41, 5.74) is 0. The second-order valence-corrected chi connectivity index (χ2v) is 5.95. The Hall–Kier alpha value is -1.82. The summed E-state index contributed by atoms with van der Waals surface area (Å²) in [5.74, 6) is 2.11. The highest BCUT2D eigenvalue weighted by molar-refractivity contribution is 5.80. The van der Waals surface area contributed by atoms with Crippen molar-refractivity contribution in [2.24, 2.45) is 4.99 Å². The Bertz CT molecular complexity index is 472. The molecular formula is C18H31N5O. The lowest BCUT2D eigenvalue weighted by atomic mass is 10.2. The number of hydrogen-bond acceptors (Lipinski definition) is 4. The van der Waals surface area contributed by atoms with Gasteiger partial charge in [-0.25, -0.2) is 4.98 Å². The molecule has 1 N–H and O–H groups in total. The van der Waals surface area contributed by atoms with Gasteiger partial charge in [0.05, 0.1) is 0 Å². The predicted octanol–water partition coefficient (Wildman–Crippen LogP) is 1.99. The van der Waals surface area contributed by atoms with Gasteiger partial charge in [0.25, 0.3) is 0 Å². The van der Waals surface area contributed by atoms with Gasteiger partial charge in [0, 0.05) is 59.2 Å². The first kappa shape index (κ1) is 18.5. The second-order valence-electron chi connectivity index (χ2n) is 5.95. The van der Waals surface area contributed by atoms with Crippen molar-refractivity contribution in [2.45, 2.75) is 26.2 Å². The van der Waals surface area contributed by atoms with Gasteiger partial charge in [-0.05, 0) is 38.3 Å². The topological polar surface area (TPSA) is 53.0 Å². The Morgan fingerprint density at radius 2 is 2.04 bits per heavy atom. The van der Waals surface area contributed by atoms with E-state index >= 15 is 0 Å². The maximum Gasteiger partial charge on any atom is 0.194 e. The lowest BCUT2D eigenvalue weighted by Gasteiger charge is -2.37. The van der Waals surface area contributed by atoms with Crippen LogP contribution in [0.25, 0.3) is 0 Å². The van der Waals surface area contributed by atoms with Gasteiger partial charge < -0.3 is 19.9 Å². The van der Waals surface area contributed by atoms with Crippen LogP contribution >= 0.6 is 0 Å². The van der Waals surface area contributed by atoms with E-state index in [-0.39, 0.29) is 0 Å². The number of aliphatic imine (C=N–C) groups is 1. The number of aromatic nitrogens is 1. The number of rotatable bonds is 8. The smallest absolute Gasteiger partial charge is 0.194 e. The minimum absolute atomic E-state index is 0.846. The summed E-state index contributed by atoms with van der Waals surface area (Å²) >= 11 is 0. The normalized spacial score (nSPS) is 15.7. The van der Waals surface area contributed by atoms with Crippen LogP contribution in [-0.2, 0) is 4.74 Å². The number of nitrogens with zero attached hydrogens (tertiary/aromatic N) is 4. The Morgan fingerprint density at radius 3 is 2.71 bits per heavy atom. The number of piperazine rings is 1. The van der Waals surface area contributed by atoms with Crippen LogP contribution in [-0.4, -0.2) is 68.8 Å². The van der Waals surface area contributed by atoms with Crippen LogP contribution in [0.15, 0.2) is 29.4 Å². The molecule has 0 amide bonds. The van der Waals surface area contributed by atoms with E-state index in [1.807, 2.05) is 18.3 Å². The summed E-state index contributed by atoms with van der Waals surface area (Å²) in [4.78, 5) is 13.9. The van der Waals surface area contributed by atoms with Crippen LogP contribution in [0.3, 0.4) is 0 Å². The quantitative estimate of drug-likeness (QED) is 0.448. The summed E-state index contributed by atoms with van der Waals surface area (Å²) in [6.45, 7) is 8.68. The molecule has 1 aromatic rings. The van der Waals surface area contributed by atoms with E-state index in [2.05, 4.69) is 33.1 Å². The fraction of sp³-hybridized carbons (Fsp3) is 0.667. The van der Waals surface area contributed by atoms with Crippen LogP contribution in [0, 0.1) is 0 Å². The van der Waals surface area contributed by atoms with Gasteiger partial charge >= 0.3 is 0 Å². The van der Waals surface area contributed by atoms with Crippen molar-refractivity contribution in [3.05, 3.63) is 24.4 Å². The first-order valence-electron chi connectivity index (χ1n) is 9.03. The van der Waals surface area contributed by atoms with Crippen LogP contribution in [0.1, 0.15) is 26.2 Å². The van der Waals surface area contributed by atoms with E-state index in [1.165, 1.54) is 6.42 Å². The molecule has 1 aliphatic rings. The summed E-state index contributed by atoms with van der Waals surface area (Å²) in [6.07, 6.45) is 5.26. The van der Waals surface area contributed by atoms with Gasteiger partial charge in [-0.2, -0.15) is 0 Å². The highest BCUT2D eigenvalue weighted by atomic mass is 16.5. The van der Waals surface area contributed by atoms with Crippen molar-refractivity contribution in [3.8, 4) is 0 Å². The van der Waals surface area contributed by atoms with Gasteiger partial charge in [0.15, 0.2) is 5.96 Å². The number of hydrogen-bond donors (Lipinski definition) is 1. The molecule has 24 heavy (non-hydrogen) atoms. The maximum absolute atomic E-state index is 5.08. The third-order valence-electron chi connectivity index (χ3n) is 4.16. The monoisotopic (exact) mass is 333 g/mol. The van der Waals surface area contributed by atoms with Crippen LogP contribution in [0.5, 0.6) is 0 Å². The summed E-state index contributed by atoms with van der Waals surface area (Å²) in [7, 11) is 1.76. The maximum atomic E-state index is 5.08. The van der Waals surface area contributed by atoms with E-state index < -0.39 is 0 Å². The lowest BCUT2D eigenvalue weighted by molar-refractivity contribution is 0.192. The zero-order valence-electron chi connectivity index (χ0n) is 15.1. The predicted molar refractivity (Wildman–Crippen MR) is 99.7 cm³/mol. The molecule has 134 valence electrons. The molecular weight excluding hydrogens is 302 g/mol. The molecule has 6 nitrogen and oxygen atoms in total. The molecule has 1 saturated heterocycles. The highest BCUT2D eigenvalue weighted by Gasteiger charge is 2.20. The molecule has 1 aromatic heterocycles. The zero-order valence-corrected chi connectivity index (χ0v) is 15.1. The van der Waals surface area contributed by atoms with Crippen LogP contribution < -0.4 is 10.2 Å². The van der Waals surface area contributed by atoms with Crippen molar-refractivity contribution < 1.29 is 4.74 Å². The summed E-state index contributed by atoms with van der Waals surface area (Å²) in [6, 6.07) is 6.08. The Kier molecular flexibility index (Phi) is 8.38. The number of unbranched alkanes of at least 4 members (excludes halogenated alkanes) is 2.